The standard InChI is InChI=1S/C22H25F4N7O2/c1-11(2)33-20(35-17-8-15(22(24,25)26)6-7-16(17)23)28-19(31-33)27-18-13-4-5-14(18)10-32(9-13)21-30-29-12(3)34-21/h6-8,11,13-14,18H,4-5,9-10H2,1-3H3,(H,27,31)/t13-,14+,18?. The van der Waals surface area contributed by atoms with E-state index in [4.69, 9.17) is 9.15 Å². The molecular weight excluding hydrogens is 470 g/mol. The quantitative estimate of drug-likeness (QED) is 0.486. The monoisotopic (exact) mass is 495 g/mol. The second kappa shape index (κ2) is 8.68. The summed E-state index contributed by atoms with van der Waals surface area (Å²) in [5.41, 5.74) is -1.01. The lowest BCUT2D eigenvalue weighted by atomic mass is 9.92. The smallest absolute Gasteiger partial charge is 0.416 e. The Morgan fingerprint density at radius 3 is 2.46 bits per heavy atom. The molecule has 1 unspecified atom stereocenters. The van der Waals surface area contributed by atoms with Crippen molar-refractivity contribution in [3.05, 3.63) is 35.5 Å². The van der Waals surface area contributed by atoms with Crippen molar-refractivity contribution in [3.8, 4) is 11.8 Å². The molecule has 0 radical (unpaired) electrons. The fraction of sp³-hybridized carbons (Fsp3) is 0.545. The first-order valence-electron chi connectivity index (χ1n) is 11.4. The Morgan fingerprint density at radius 2 is 1.86 bits per heavy atom. The number of hydrogen-bond donors (Lipinski definition) is 1. The fourth-order valence-electron chi connectivity index (χ4n) is 4.81. The van der Waals surface area contributed by atoms with Gasteiger partial charge in [0.2, 0.25) is 11.8 Å². The number of ether oxygens (including phenoxy) is 1. The SMILES string of the molecule is Cc1nnc(N2C[C@H]3CC[C@@H](C2)C3Nc2nc(Oc3cc(C(F)(F)F)ccc3F)n(C(C)C)n2)o1. The molecule has 1 aliphatic carbocycles. The van der Waals surface area contributed by atoms with Gasteiger partial charge in [-0.05, 0) is 56.7 Å². The molecule has 0 spiro atoms. The van der Waals surface area contributed by atoms with Crippen molar-refractivity contribution in [2.24, 2.45) is 11.8 Å². The Labute approximate surface area is 198 Å². The number of rotatable bonds is 6. The third kappa shape index (κ3) is 4.63. The van der Waals surface area contributed by atoms with E-state index in [2.05, 4.69) is 30.5 Å². The number of piperidine rings is 1. The van der Waals surface area contributed by atoms with Crippen LogP contribution in [0.4, 0.5) is 29.5 Å². The van der Waals surface area contributed by atoms with Crippen LogP contribution in [0.15, 0.2) is 22.6 Å². The van der Waals surface area contributed by atoms with E-state index in [0.29, 0.717) is 24.0 Å². The van der Waals surface area contributed by atoms with Crippen molar-refractivity contribution in [2.45, 2.75) is 51.9 Å². The van der Waals surface area contributed by atoms with Crippen molar-refractivity contribution in [1.29, 1.82) is 0 Å². The maximum atomic E-state index is 14.3. The molecule has 3 heterocycles. The van der Waals surface area contributed by atoms with Gasteiger partial charge in [0, 0.05) is 26.1 Å². The summed E-state index contributed by atoms with van der Waals surface area (Å²) in [6.45, 7) is 6.87. The van der Waals surface area contributed by atoms with Crippen LogP contribution in [-0.4, -0.2) is 44.1 Å². The zero-order valence-electron chi connectivity index (χ0n) is 19.4. The zero-order chi connectivity index (χ0) is 24.9. The number of nitrogens with one attached hydrogen (secondary N) is 1. The molecule has 1 aromatic carbocycles. The van der Waals surface area contributed by atoms with Gasteiger partial charge in [-0.25, -0.2) is 9.07 Å². The molecule has 3 atom stereocenters. The molecule has 2 aromatic heterocycles. The van der Waals surface area contributed by atoms with Crippen molar-refractivity contribution in [2.75, 3.05) is 23.3 Å². The molecule has 35 heavy (non-hydrogen) atoms. The Bertz CT molecular complexity index is 1190. The Hall–Kier alpha value is -3.38. The van der Waals surface area contributed by atoms with Crippen molar-refractivity contribution in [1.82, 2.24) is 25.0 Å². The summed E-state index contributed by atoms with van der Waals surface area (Å²) in [7, 11) is 0. The van der Waals surface area contributed by atoms with E-state index in [1.807, 2.05) is 13.8 Å². The average molecular weight is 495 g/mol. The zero-order valence-corrected chi connectivity index (χ0v) is 19.4. The van der Waals surface area contributed by atoms with Gasteiger partial charge >= 0.3 is 18.2 Å². The molecule has 13 heteroatoms. The molecule has 188 valence electrons. The van der Waals surface area contributed by atoms with Gasteiger partial charge in [0.25, 0.3) is 0 Å². The number of nitrogens with zero attached hydrogens (tertiary/aromatic N) is 6. The normalized spacial score (nSPS) is 22.2. The van der Waals surface area contributed by atoms with Crippen molar-refractivity contribution in [3.63, 3.8) is 0 Å². The summed E-state index contributed by atoms with van der Waals surface area (Å²) in [4.78, 5) is 6.44. The fourth-order valence-corrected chi connectivity index (χ4v) is 4.81. The largest absolute Gasteiger partial charge is 0.421 e. The minimum atomic E-state index is -4.63. The summed E-state index contributed by atoms with van der Waals surface area (Å²) in [6.07, 6.45) is -2.61. The minimum absolute atomic E-state index is 0.0909. The number of halogens is 4. The van der Waals surface area contributed by atoms with Gasteiger partial charge in [-0.3, -0.25) is 0 Å². The number of hydrogen-bond acceptors (Lipinski definition) is 8. The number of anilines is 2. The number of alkyl halides is 3. The van der Waals surface area contributed by atoms with Gasteiger partial charge in [0.05, 0.1) is 11.6 Å². The molecule has 2 bridgehead atoms. The number of benzene rings is 1. The molecule has 1 saturated carbocycles. The lowest BCUT2D eigenvalue weighted by Gasteiger charge is -2.37. The maximum absolute atomic E-state index is 14.3. The number of aromatic nitrogens is 5. The highest BCUT2D eigenvalue weighted by molar-refractivity contribution is 5.37. The summed E-state index contributed by atoms with van der Waals surface area (Å²) >= 11 is 0. The topological polar surface area (TPSA) is 94.1 Å². The molecule has 9 nitrogen and oxygen atoms in total. The highest BCUT2D eigenvalue weighted by atomic mass is 19.4. The van der Waals surface area contributed by atoms with Crippen LogP contribution in [0.5, 0.6) is 11.8 Å². The van der Waals surface area contributed by atoms with Crippen LogP contribution in [0.3, 0.4) is 0 Å². The minimum Gasteiger partial charge on any atom is -0.421 e. The first kappa shape index (κ1) is 23.4. The van der Waals surface area contributed by atoms with Crippen LogP contribution in [-0.2, 0) is 6.18 Å². The van der Waals surface area contributed by atoms with Crippen LogP contribution in [0, 0.1) is 24.6 Å². The number of fused-ring (bicyclic) bond motifs is 2. The predicted molar refractivity (Wildman–Crippen MR) is 117 cm³/mol. The second-order valence-electron chi connectivity index (χ2n) is 9.28. The summed E-state index contributed by atoms with van der Waals surface area (Å²) < 4.78 is 66.0. The lowest BCUT2D eigenvalue weighted by Crippen LogP contribution is -2.48. The first-order valence-corrected chi connectivity index (χ1v) is 11.4. The number of aryl methyl sites for hydroxylation is 1. The Morgan fingerprint density at radius 1 is 1.14 bits per heavy atom. The van der Waals surface area contributed by atoms with Crippen LogP contribution < -0.4 is 15.0 Å². The van der Waals surface area contributed by atoms with E-state index in [-0.39, 0.29) is 35.9 Å². The van der Waals surface area contributed by atoms with Gasteiger partial charge in [0.15, 0.2) is 11.6 Å². The van der Waals surface area contributed by atoms with E-state index >= 15 is 0 Å². The van der Waals surface area contributed by atoms with E-state index in [9.17, 15) is 17.6 Å². The predicted octanol–water partition coefficient (Wildman–Crippen LogP) is 4.83. The van der Waals surface area contributed by atoms with Gasteiger partial charge in [0.1, 0.15) is 0 Å². The molecular formula is C22H25F4N7O2. The van der Waals surface area contributed by atoms with Crippen molar-refractivity contribution >= 4 is 12.0 Å². The van der Waals surface area contributed by atoms with Gasteiger partial charge in [-0.1, -0.05) is 5.10 Å². The first-order chi connectivity index (χ1) is 16.6. The second-order valence-corrected chi connectivity index (χ2v) is 9.28. The van der Waals surface area contributed by atoms with Crippen LogP contribution in [0.25, 0.3) is 0 Å². The van der Waals surface area contributed by atoms with Gasteiger partial charge in [-0.2, -0.15) is 18.2 Å². The van der Waals surface area contributed by atoms with Gasteiger partial charge in [-0.15, -0.1) is 10.2 Å². The third-order valence-electron chi connectivity index (χ3n) is 6.46. The molecule has 3 aromatic rings. The van der Waals surface area contributed by atoms with E-state index in [1.165, 1.54) is 4.68 Å². The summed E-state index contributed by atoms with van der Waals surface area (Å²) in [6, 6.07) is 2.31. The molecule has 2 aliphatic rings. The Kier molecular flexibility index (Phi) is 5.80. The molecule has 1 saturated heterocycles. The molecule has 5 rings (SSSR count). The van der Waals surface area contributed by atoms with Crippen LogP contribution in [0.1, 0.15) is 44.2 Å². The van der Waals surface area contributed by atoms with Gasteiger partial charge < -0.3 is 19.4 Å². The van der Waals surface area contributed by atoms with E-state index < -0.39 is 23.3 Å². The average Bonchev–Trinajstić information content (AvgIpc) is 3.45. The Balaban J connectivity index is 1.35. The lowest BCUT2D eigenvalue weighted by molar-refractivity contribution is -0.137. The van der Waals surface area contributed by atoms with E-state index in [1.54, 1.807) is 6.92 Å². The highest BCUT2D eigenvalue weighted by Crippen LogP contribution is 2.40. The van der Waals surface area contributed by atoms with E-state index in [0.717, 1.165) is 32.0 Å². The highest BCUT2D eigenvalue weighted by Gasteiger charge is 2.44. The summed E-state index contributed by atoms with van der Waals surface area (Å²) in [5.74, 6) is -0.114. The molecule has 0 amide bonds. The van der Waals surface area contributed by atoms with Crippen LogP contribution >= 0.6 is 0 Å². The molecule has 1 N–H and O–H groups in total. The third-order valence-corrected chi connectivity index (χ3v) is 6.46. The molecule has 1 aliphatic heterocycles. The maximum Gasteiger partial charge on any atom is 0.416 e. The van der Waals surface area contributed by atoms with Crippen LogP contribution in [0.2, 0.25) is 0 Å². The van der Waals surface area contributed by atoms with Crippen molar-refractivity contribution < 1.29 is 26.7 Å². The summed E-state index contributed by atoms with van der Waals surface area (Å²) in [5, 5.41) is 15.9. The molecule has 2 fully saturated rings.